The Hall–Kier alpha value is -4.29. The third-order valence-corrected chi connectivity index (χ3v) is 8.57. The number of allylic oxidation sites excluding steroid dienone is 1. The van der Waals surface area contributed by atoms with E-state index in [0.717, 1.165) is 28.2 Å². The second kappa shape index (κ2) is 14.3. The predicted molar refractivity (Wildman–Crippen MR) is 166 cm³/mol. The van der Waals surface area contributed by atoms with Crippen LogP contribution in [0.4, 0.5) is 4.79 Å². The number of carboxylic acid groups (broad SMARTS) is 1. The van der Waals surface area contributed by atoms with Gasteiger partial charge in [-0.25, -0.2) is 9.78 Å². The Morgan fingerprint density at radius 3 is 2.67 bits per heavy atom. The van der Waals surface area contributed by atoms with Crippen molar-refractivity contribution in [3.63, 3.8) is 0 Å². The third kappa shape index (κ3) is 8.85. The summed E-state index contributed by atoms with van der Waals surface area (Å²) < 4.78 is 18.4. The van der Waals surface area contributed by atoms with Gasteiger partial charge >= 0.3 is 6.09 Å². The summed E-state index contributed by atoms with van der Waals surface area (Å²) >= 11 is 0. The van der Waals surface area contributed by atoms with E-state index in [4.69, 9.17) is 19.0 Å². The average molecular weight is 606 g/mol. The predicted octanol–water partition coefficient (Wildman–Crippen LogP) is 6.63. The van der Waals surface area contributed by atoms with Crippen molar-refractivity contribution in [2.24, 2.45) is 0 Å². The first-order valence-electron chi connectivity index (χ1n) is 14.2. The van der Waals surface area contributed by atoms with E-state index in [-0.39, 0.29) is 24.6 Å². The van der Waals surface area contributed by atoms with Gasteiger partial charge in [-0.15, -0.1) is 0 Å². The molecule has 0 saturated carbocycles. The molecular formula is C31H39N5O6Si. The van der Waals surface area contributed by atoms with Crippen LogP contribution in [0.5, 0.6) is 5.75 Å². The molecule has 0 aliphatic heterocycles. The van der Waals surface area contributed by atoms with Crippen LogP contribution in [0.15, 0.2) is 59.5 Å². The SMILES string of the molecule is COc1cc2nc(C)ccc2cc1-c1cn(COCC[Si](C)(C)C)c(C(C/C=C/CCC(=O)c2ccon2)NC(=O)O)n1. The molecule has 0 fully saturated rings. The Morgan fingerprint density at radius 1 is 1.16 bits per heavy atom. The molecule has 0 spiro atoms. The van der Waals surface area contributed by atoms with Crippen molar-refractivity contribution in [2.45, 2.75) is 64.6 Å². The number of carbonyl (C=O) groups is 2. The van der Waals surface area contributed by atoms with Gasteiger partial charge < -0.3 is 29.0 Å². The number of aryl methyl sites for hydroxylation is 1. The highest BCUT2D eigenvalue weighted by molar-refractivity contribution is 6.76. The maximum absolute atomic E-state index is 12.2. The molecule has 0 aliphatic carbocycles. The van der Waals surface area contributed by atoms with Crippen LogP contribution in [-0.2, 0) is 11.5 Å². The molecule has 0 aliphatic rings. The average Bonchev–Trinajstić information content (AvgIpc) is 3.64. The van der Waals surface area contributed by atoms with Crippen LogP contribution in [0.2, 0.25) is 25.7 Å². The summed E-state index contributed by atoms with van der Waals surface area (Å²) in [5.74, 6) is 1.00. The molecule has 1 aromatic carbocycles. The van der Waals surface area contributed by atoms with E-state index in [2.05, 4.69) is 35.1 Å². The Kier molecular flexibility index (Phi) is 10.5. The number of ketones is 1. The first kappa shape index (κ1) is 31.6. The minimum Gasteiger partial charge on any atom is -0.496 e. The van der Waals surface area contributed by atoms with Crippen LogP contribution < -0.4 is 10.1 Å². The summed E-state index contributed by atoms with van der Waals surface area (Å²) in [5.41, 5.74) is 3.40. The number of hydrogen-bond acceptors (Lipinski definition) is 8. The normalized spacial score (nSPS) is 12.6. The summed E-state index contributed by atoms with van der Waals surface area (Å²) in [4.78, 5) is 33.6. The van der Waals surface area contributed by atoms with Crippen molar-refractivity contribution in [3.8, 4) is 17.0 Å². The number of amides is 1. The van der Waals surface area contributed by atoms with Gasteiger partial charge in [-0.1, -0.05) is 43.0 Å². The Bertz CT molecular complexity index is 1580. The number of Topliss-reactive ketones (excluding diaryl/α,β-unsaturated/α-hetero) is 1. The molecule has 4 aromatic rings. The molecule has 0 bridgehead atoms. The van der Waals surface area contributed by atoms with E-state index in [1.165, 1.54) is 12.3 Å². The maximum atomic E-state index is 12.2. The largest absolute Gasteiger partial charge is 0.496 e. The molecule has 1 unspecified atom stereocenters. The number of pyridine rings is 1. The zero-order valence-corrected chi connectivity index (χ0v) is 26.3. The first-order chi connectivity index (χ1) is 20.5. The lowest BCUT2D eigenvalue weighted by Gasteiger charge is -2.18. The number of ether oxygens (including phenoxy) is 2. The lowest BCUT2D eigenvalue weighted by molar-refractivity contribution is 0.0837. The van der Waals surface area contributed by atoms with Crippen LogP contribution in [0, 0.1) is 6.92 Å². The second-order valence-electron chi connectivity index (χ2n) is 11.6. The molecule has 4 rings (SSSR count). The van der Waals surface area contributed by atoms with Crippen LogP contribution in [0.25, 0.3) is 22.2 Å². The van der Waals surface area contributed by atoms with Gasteiger partial charge in [-0.2, -0.15) is 0 Å². The summed E-state index contributed by atoms with van der Waals surface area (Å²) in [5, 5.41) is 16.9. The number of methoxy groups -OCH3 is 1. The molecular weight excluding hydrogens is 566 g/mol. The van der Waals surface area contributed by atoms with E-state index in [1.54, 1.807) is 7.11 Å². The molecule has 2 N–H and O–H groups in total. The number of imidazole rings is 1. The quantitative estimate of drug-likeness (QED) is 0.0660. The molecule has 3 heterocycles. The number of hydrogen-bond donors (Lipinski definition) is 2. The summed E-state index contributed by atoms with van der Waals surface area (Å²) in [6.45, 7) is 9.63. The van der Waals surface area contributed by atoms with Gasteiger partial charge in [-0.05, 0) is 37.9 Å². The number of benzene rings is 1. The van der Waals surface area contributed by atoms with Gasteiger partial charge in [0, 0.05) is 56.1 Å². The van der Waals surface area contributed by atoms with Gasteiger partial charge in [0.2, 0.25) is 0 Å². The summed E-state index contributed by atoms with van der Waals surface area (Å²) in [6.07, 6.45) is 6.84. The zero-order chi connectivity index (χ0) is 31.0. The van der Waals surface area contributed by atoms with Crippen molar-refractivity contribution in [1.29, 1.82) is 0 Å². The second-order valence-corrected chi connectivity index (χ2v) is 17.2. The van der Waals surface area contributed by atoms with Gasteiger partial charge in [-0.3, -0.25) is 9.78 Å². The molecule has 228 valence electrons. The molecule has 1 amide bonds. The number of rotatable bonds is 15. The van der Waals surface area contributed by atoms with Gasteiger partial charge in [0.15, 0.2) is 5.78 Å². The smallest absolute Gasteiger partial charge is 0.405 e. The van der Waals surface area contributed by atoms with Crippen molar-refractivity contribution in [3.05, 3.63) is 72.2 Å². The Balaban J connectivity index is 1.62. The van der Waals surface area contributed by atoms with E-state index >= 15 is 0 Å². The highest BCUT2D eigenvalue weighted by Gasteiger charge is 2.23. The van der Waals surface area contributed by atoms with Gasteiger partial charge in [0.05, 0.1) is 24.4 Å². The van der Waals surface area contributed by atoms with Crippen molar-refractivity contribution < 1.29 is 28.7 Å². The molecule has 43 heavy (non-hydrogen) atoms. The molecule has 0 radical (unpaired) electrons. The van der Waals surface area contributed by atoms with E-state index < -0.39 is 20.2 Å². The third-order valence-electron chi connectivity index (χ3n) is 6.87. The fraction of sp³-hybridized carbons (Fsp3) is 0.387. The maximum Gasteiger partial charge on any atom is 0.405 e. The Labute approximate surface area is 251 Å². The topological polar surface area (TPSA) is 142 Å². The van der Waals surface area contributed by atoms with Crippen molar-refractivity contribution in [1.82, 2.24) is 25.0 Å². The molecule has 1 atom stereocenters. The number of nitrogens with zero attached hydrogens (tertiary/aromatic N) is 4. The van der Waals surface area contributed by atoms with Gasteiger partial charge in [0.1, 0.15) is 30.3 Å². The fourth-order valence-electron chi connectivity index (χ4n) is 4.53. The lowest BCUT2D eigenvalue weighted by atomic mass is 10.1. The number of fused-ring (bicyclic) bond motifs is 1. The first-order valence-corrected chi connectivity index (χ1v) is 17.9. The fourth-order valence-corrected chi connectivity index (χ4v) is 5.29. The summed E-state index contributed by atoms with van der Waals surface area (Å²) in [6, 6.07) is 9.69. The summed E-state index contributed by atoms with van der Waals surface area (Å²) in [7, 11) is 0.303. The monoisotopic (exact) mass is 605 g/mol. The molecule has 0 saturated heterocycles. The zero-order valence-electron chi connectivity index (χ0n) is 25.3. The van der Waals surface area contributed by atoms with E-state index in [0.29, 0.717) is 36.7 Å². The minimum atomic E-state index is -1.30. The van der Waals surface area contributed by atoms with Gasteiger partial charge in [0.25, 0.3) is 0 Å². The number of carbonyl (C=O) groups excluding carboxylic acids is 1. The standard InChI is InChI=1S/C31H39N5O6Si/c1-21-11-12-22-17-23(29(40-2)18-26(22)32-21)27-19-36(20-41-15-16-43(3,4)5)30(33-27)25(34-31(38)39)9-7-6-8-10-28(37)24-13-14-42-35-24/h6-7,11-14,17-19,25,34H,8-10,15-16,20H2,1-5H3,(H,38,39)/b7-6+. The van der Waals surface area contributed by atoms with Crippen LogP contribution >= 0.6 is 0 Å². The molecule has 11 nitrogen and oxygen atoms in total. The minimum absolute atomic E-state index is 0.121. The van der Waals surface area contributed by atoms with Crippen LogP contribution in [0.3, 0.4) is 0 Å². The van der Waals surface area contributed by atoms with Crippen LogP contribution in [-0.4, -0.2) is 58.5 Å². The highest BCUT2D eigenvalue weighted by Crippen LogP contribution is 2.34. The highest BCUT2D eigenvalue weighted by atomic mass is 28.3. The molecule has 12 heteroatoms. The van der Waals surface area contributed by atoms with Crippen molar-refractivity contribution in [2.75, 3.05) is 13.7 Å². The van der Waals surface area contributed by atoms with Crippen LogP contribution in [0.1, 0.15) is 47.3 Å². The number of nitrogens with one attached hydrogen (secondary N) is 1. The Morgan fingerprint density at radius 2 is 1.98 bits per heavy atom. The van der Waals surface area contributed by atoms with Crippen molar-refractivity contribution >= 4 is 30.9 Å². The lowest BCUT2D eigenvalue weighted by Crippen LogP contribution is -2.29. The number of aromatic nitrogens is 4. The molecule has 3 aromatic heterocycles. The van der Waals surface area contributed by atoms with E-state index in [9.17, 15) is 14.7 Å². The van der Waals surface area contributed by atoms with E-state index in [1.807, 2.05) is 54.1 Å².